The van der Waals surface area contributed by atoms with Crippen LogP contribution < -0.4 is 9.47 Å². The van der Waals surface area contributed by atoms with Crippen molar-refractivity contribution < 1.29 is 9.47 Å². The van der Waals surface area contributed by atoms with Gasteiger partial charge in [0.15, 0.2) is 0 Å². The van der Waals surface area contributed by atoms with E-state index in [1.54, 1.807) is 48.5 Å². The van der Waals surface area contributed by atoms with Gasteiger partial charge in [-0.3, -0.25) is 0 Å². The zero-order valence-corrected chi connectivity index (χ0v) is 10.0. The molecule has 0 bridgehead atoms. The summed E-state index contributed by atoms with van der Waals surface area (Å²) in [6.45, 7) is 14.0. The Morgan fingerprint density at radius 1 is 0.737 bits per heavy atom. The van der Waals surface area contributed by atoms with Gasteiger partial charge in [0.25, 0.3) is 0 Å². The predicted molar refractivity (Wildman–Crippen MR) is 71.5 cm³/mol. The first kappa shape index (κ1) is 12.5. The molecule has 0 saturated heterocycles. The SMILES string of the molecule is [C-]#[N+]c1ccccc1OCOc1ccccc1[N+]#[C-]. The fourth-order valence-electron chi connectivity index (χ4n) is 1.50. The third-order valence-electron chi connectivity index (χ3n) is 2.40. The van der Waals surface area contributed by atoms with Crippen LogP contribution >= 0.6 is 0 Å². The van der Waals surface area contributed by atoms with Crippen LogP contribution in [0, 0.1) is 13.1 Å². The molecule has 0 amide bonds. The van der Waals surface area contributed by atoms with Gasteiger partial charge in [-0.05, 0) is 12.1 Å². The lowest BCUT2D eigenvalue weighted by molar-refractivity contribution is 0.121. The molecule has 2 aromatic carbocycles. The minimum Gasteiger partial charge on any atom is -0.469 e. The second kappa shape index (κ2) is 6.09. The zero-order valence-electron chi connectivity index (χ0n) is 10.0. The van der Waals surface area contributed by atoms with E-state index >= 15 is 0 Å². The summed E-state index contributed by atoms with van der Waals surface area (Å²) in [5.74, 6) is 0.940. The van der Waals surface area contributed by atoms with Crippen LogP contribution in [0.1, 0.15) is 0 Å². The van der Waals surface area contributed by atoms with Gasteiger partial charge in [-0.2, -0.15) is 0 Å². The van der Waals surface area contributed by atoms with E-state index in [9.17, 15) is 0 Å². The highest BCUT2D eigenvalue weighted by Gasteiger charge is 2.04. The number of hydrogen-bond donors (Lipinski definition) is 0. The molecule has 0 aliphatic carbocycles. The predicted octanol–water partition coefficient (Wildman–Crippen LogP) is 4.20. The van der Waals surface area contributed by atoms with Crippen molar-refractivity contribution in [2.24, 2.45) is 0 Å². The molecule has 92 valence electrons. The highest BCUT2D eigenvalue weighted by Crippen LogP contribution is 2.29. The maximum atomic E-state index is 7.01. The van der Waals surface area contributed by atoms with Gasteiger partial charge in [-0.25, -0.2) is 9.69 Å². The Morgan fingerprint density at radius 2 is 1.16 bits per heavy atom. The van der Waals surface area contributed by atoms with Crippen LogP contribution in [0.25, 0.3) is 9.69 Å². The number of nitrogens with zero attached hydrogens (tertiary/aromatic N) is 2. The van der Waals surface area contributed by atoms with Crippen molar-refractivity contribution in [3.05, 3.63) is 71.4 Å². The highest BCUT2D eigenvalue weighted by atomic mass is 16.7. The molecule has 0 N–H and O–H groups in total. The maximum absolute atomic E-state index is 7.01. The third-order valence-corrected chi connectivity index (χ3v) is 2.40. The Labute approximate surface area is 111 Å². The fourth-order valence-corrected chi connectivity index (χ4v) is 1.50. The second-order valence-corrected chi connectivity index (χ2v) is 3.57. The molecule has 4 nitrogen and oxygen atoms in total. The van der Waals surface area contributed by atoms with Gasteiger partial charge in [0.1, 0.15) is 11.5 Å². The normalized spacial score (nSPS) is 9.16. The van der Waals surface area contributed by atoms with E-state index in [-0.39, 0.29) is 6.79 Å². The van der Waals surface area contributed by atoms with E-state index < -0.39 is 0 Å². The summed E-state index contributed by atoms with van der Waals surface area (Å²) in [5.41, 5.74) is 0.870. The molecule has 0 aliphatic heterocycles. The van der Waals surface area contributed by atoms with Crippen molar-refractivity contribution in [2.45, 2.75) is 0 Å². The Balaban J connectivity index is 2.01. The van der Waals surface area contributed by atoms with Crippen molar-refractivity contribution >= 4 is 11.4 Å². The monoisotopic (exact) mass is 250 g/mol. The first-order valence-corrected chi connectivity index (χ1v) is 5.53. The van der Waals surface area contributed by atoms with Gasteiger partial charge in [0.05, 0.1) is 13.1 Å². The highest BCUT2D eigenvalue weighted by molar-refractivity contribution is 5.58. The lowest BCUT2D eigenvalue weighted by atomic mass is 10.3. The van der Waals surface area contributed by atoms with E-state index in [0.717, 1.165) is 0 Å². The Hall–Kier alpha value is -2.98. The summed E-state index contributed by atoms with van der Waals surface area (Å²) in [7, 11) is 0. The molecule has 0 unspecified atom stereocenters. The number of benzene rings is 2. The van der Waals surface area contributed by atoms with E-state index in [0.29, 0.717) is 22.9 Å². The maximum Gasteiger partial charge on any atom is 0.228 e. The summed E-state index contributed by atoms with van der Waals surface area (Å²) in [6.07, 6.45) is 0. The number of ether oxygens (including phenoxy) is 2. The van der Waals surface area contributed by atoms with Crippen LogP contribution in [0.15, 0.2) is 48.5 Å². The molecule has 0 aliphatic rings. The smallest absolute Gasteiger partial charge is 0.228 e. The molecule has 0 radical (unpaired) electrons. The molecule has 4 heteroatoms. The molecule has 0 heterocycles. The average Bonchev–Trinajstić information content (AvgIpc) is 2.48. The largest absolute Gasteiger partial charge is 0.469 e. The lowest BCUT2D eigenvalue weighted by Gasteiger charge is -2.10. The minimum absolute atomic E-state index is 0.0426. The van der Waals surface area contributed by atoms with Crippen molar-refractivity contribution in [1.82, 2.24) is 0 Å². The molecule has 0 atom stereocenters. The number of rotatable bonds is 4. The first-order valence-electron chi connectivity index (χ1n) is 5.53. The third kappa shape index (κ3) is 3.02. The Morgan fingerprint density at radius 3 is 1.58 bits per heavy atom. The fraction of sp³-hybridized carbons (Fsp3) is 0.0667. The van der Waals surface area contributed by atoms with Gasteiger partial charge in [0.2, 0.25) is 18.2 Å². The second-order valence-electron chi connectivity index (χ2n) is 3.57. The molecule has 2 aromatic rings. The summed E-state index contributed by atoms with van der Waals surface area (Å²) in [5, 5.41) is 0. The van der Waals surface area contributed by atoms with Crippen LogP contribution in [-0.4, -0.2) is 6.79 Å². The summed E-state index contributed by atoms with van der Waals surface area (Å²) < 4.78 is 10.8. The van der Waals surface area contributed by atoms with E-state index in [1.165, 1.54) is 0 Å². The van der Waals surface area contributed by atoms with Gasteiger partial charge >= 0.3 is 0 Å². The average molecular weight is 250 g/mol. The van der Waals surface area contributed by atoms with Crippen LogP contribution in [0.4, 0.5) is 11.4 Å². The van der Waals surface area contributed by atoms with Crippen LogP contribution in [0.3, 0.4) is 0 Å². The summed E-state index contributed by atoms with van der Waals surface area (Å²) >= 11 is 0. The topological polar surface area (TPSA) is 27.2 Å². The molecule has 0 aromatic heterocycles. The van der Waals surface area contributed by atoms with Crippen molar-refractivity contribution in [2.75, 3.05) is 6.79 Å². The van der Waals surface area contributed by atoms with Gasteiger partial charge in [0, 0.05) is 0 Å². The van der Waals surface area contributed by atoms with E-state index in [2.05, 4.69) is 9.69 Å². The van der Waals surface area contributed by atoms with Crippen molar-refractivity contribution in [1.29, 1.82) is 0 Å². The Kier molecular flexibility index (Phi) is 4.00. The summed E-state index contributed by atoms with van der Waals surface area (Å²) in [6, 6.07) is 13.9. The molecule has 0 spiro atoms. The van der Waals surface area contributed by atoms with Crippen molar-refractivity contribution in [3.8, 4) is 11.5 Å². The number of para-hydroxylation sites is 4. The zero-order chi connectivity index (χ0) is 13.5. The lowest BCUT2D eigenvalue weighted by Crippen LogP contribution is -2.05. The van der Waals surface area contributed by atoms with E-state index in [1.807, 2.05) is 0 Å². The quantitative estimate of drug-likeness (QED) is 0.600. The minimum atomic E-state index is -0.0426. The molecular weight excluding hydrogens is 240 g/mol. The summed E-state index contributed by atoms with van der Waals surface area (Å²) in [4.78, 5) is 6.70. The van der Waals surface area contributed by atoms with Gasteiger partial charge < -0.3 is 9.47 Å². The van der Waals surface area contributed by atoms with Crippen LogP contribution in [-0.2, 0) is 0 Å². The van der Waals surface area contributed by atoms with E-state index in [4.69, 9.17) is 22.6 Å². The Bertz CT molecular complexity index is 596. The van der Waals surface area contributed by atoms with Crippen molar-refractivity contribution in [3.63, 3.8) is 0 Å². The van der Waals surface area contributed by atoms with Crippen LogP contribution in [0.5, 0.6) is 11.5 Å². The molecular formula is C15H10N2O2. The molecule has 2 rings (SSSR count). The standard InChI is InChI=1S/C15H10N2O2/c1-16-12-7-3-5-9-14(12)18-11-19-15-10-6-4-8-13(15)17-2/h3-10H,11H2. The van der Waals surface area contributed by atoms with Crippen LogP contribution in [0.2, 0.25) is 0 Å². The van der Waals surface area contributed by atoms with Gasteiger partial charge in [-0.15, -0.1) is 0 Å². The molecule has 19 heavy (non-hydrogen) atoms. The molecule has 0 saturated carbocycles. The van der Waals surface area contributed by atoms with Gasteiger partial charge in [-0.1, -0.05) is 36.4 Å². The molecule has 0 fully saturated rings. The first-order chi connectivity index (χ1) is 9.35. The number of hydrogen-bond acceptors (Lipinski definition) is 2.